The Morgan fingerprint density at radius 1 is 0.348 bits per heavy atom. The van der Waals surface area contributed by atoms with Crippen LogP contribution in [0.5, 0.6) is 0 Å². The van der Waals surface area contributed by atoms with E-state index >= 15 is 0 Å². The van der Waals surface area contributed by atoms with Gasteiger partial charge in [0.15, 0.2) is 0 Å². The van der Waals surface area contributed by atoms with Gasteiger partial charge in [-0.1, -0.05) is 0 Å². The van der Waals surface area contributed by atoms with Crippen LogP contribution in [0.3, 0.4) is 0 Å². The zero-order chi connectivity index (χ0) is 17.8. The molecule has 0 amide bonds. The molecule has 0 rings (SSSR count). The lowest BCUT2D eigenvalue weighted by Crippen LogP contribution is -2.46. The van der Waals surface area contributed by atoms with Gasteiger partial charge < -0.3 is 45.9 Å². The third-order valence-electron chi connectivity index (χ3n) is 5.39. The minimum atomic E-state index is 0.169. The Morgan fingerprint density at radius 3 is 0.652 bits per heavy atom. The molecule has 0 spiro atoms. The molecule has 0 unspecified atom stereocenters. The zero-order valence-corrected chi connectivity index (χ0v) is 14.4. The molecule has 0 aromatic carbocycles. The van der Waals surface area contributed by atoms with Crippen molar-refractivity contribution in [3.05, 3.63) is 0 Å². The SMILES string of the molecule is NCC(CN)C(CC(C(CN)CN)C(CN)CN)C(CN)CN. The molecule has 0 aliphatic heterocycles. The van der Waals surface area contributed by atoms with Crippen molar-refractivity contribution in [2.24, 2.45) is 81.4 Å². The molecule has 0 saturated heterocycles. The molecule has 8 heteroatoms. The minimum absolute atomic E-state index is 0.169. The first-order valence-corrected chi connectivity index (χ1v) is 8.68. The van der Waals surface area contributed by atoms with E-state index in [1.807, 2.05) is 0 Å². The van der Waals surface area contributed by atoms with Gasteiger partial charge in [0.1, 0.15) is 0 Å². The van der Waals surface area contributed by atoms with Crippen LogP contribution in [0.4, 0.5) is 0 Å². The maximum absolute atomic E-state index is 5.93. The van der Waals surface area contributed by atoms with E-state index in [0.29, 0.717) is 52.4 Å². The first-order chi connectivity index (χ1) is 11.1. The van der Waals surface area contributed by atoms with Crippen LogP contribution in [0.2, 0.25) is 0 Å². The van der Waals surface area contributed by atoms with Gasteiger partial charge in [0.2, 0.25) is 0 Å². The van der Waals surface area contributed by atoms with Crippen LogP contribution >= 0.6 is 0 Å². The van der Waals surface area contributed by atoms with Gasteiger partial charge in [-0.25, -0.2) is 0 Å². The Morgan fingerprint density at radius 2 is 0.522 bits per heavy atom. The van der Waals surface area contributed by atoms with Crippen LogP contribution in [0.15, 0.2) is 0 Å². The number of rotatable bonds is 14. The number of hydrogen-bond acceptors (Lipinski definition) is 8. The Balaban J connectivity index is 5.46. The third kappa shape index (κ3) is 6.60. The molecule has 0 heterocycles. The normalized spacial score (nSPS) is 12.8. The van der Waals surface area contributed by atoms with Gasteiger partial charge >= 0.3 is 0 Å². The minimum Gasteiger partial charge on any atom is -0.330 e. The van der Waals surface area contributed by atoms with Gasteiger partial charge in [0, 0.05) is 0 Å². The Labute approximate surface area is 141 Å². The summed E-state index contributed by atoms with van der Waals surface area (Å²) in [6.45, 7) is 4.08. The molecular weight excluding hydrogens is 292 g/mol. The highest BCUT2D eigenvalue weighted by Gasteiger charge is 2.34. The maximum atomic E-state index is 5.93. The maximum Gasteiger partial charge on any atom is -0.00340 e. The molecule has 0 atom stereocenters. The molecule has 140 valence electrons. The molecular formula is C15H40N8. The van der Waals surface area contributed by atoms with Crippen molar-refractivity contribution < 1.29 is 0 Å². The highest BCUT2D eigenvalue weighted by molar-refractivity contribution is 4.87. The molecule has 0 fully saturated rings. The van der Waals surface area contributed by atoms with E-state index in [2.05, 4.69) is 0 Å². The summed E-state index contributed by atoms with van der Waals surface area (Å²) in [4.78, 5) is 0. The summed E-state index contributed by atoms with van der Waals surface area (Å²) in [6.07, 6.45) is 0.857. The summed E-state index contributed by atoms with van der Waals surface area (Å²) in [5.41, 5.74) is 47.4. The van der Waals surface area contributed by atoms with Gasteiger partial charge in [0.25, 0.3) is 0 Å². The largest absolute Gasteiger partial charge is 0.330 e. The van der Waals surface area contributed by atoms with Crippen molar-refractivity contribution in [3.8, 4) is 0 Å². The first kappa shape index (κ1) is 22.7. The Kier molecular flexibility index (Phi) is 12.8. The molecule has 0 radical (unpaired) electrons. The molecule has 0 saturated carbocycles. The number of nitrogens with two attached hydrogens (primary N) is 8. The molecule has 0 aliphatic carbocycles. The van der Waals surface area contributed by atoms with Crippen molar-refractivity contribution >= 4 is 0 Å². The van der Waals surface area contributed by atoms with E-state index in [-0.39, 0.29) is 35.5 Å². The highest BCUT2D eigenvalue weighted by Crippen LogP contribution is 2.33. The fourth-order valence-electron chi connectivity index (χ4n) is 3.64. The highest BCUT2D eigenvalue weighted by atomic mass is 14.7. The average molecular weight is 333 g/mol. The van der Waals surface area contributed by atoms with Crippen molar-refractivity contribution in [3.63, 3.8) is 0 Å². The monoisotopic (exact) mass is 332 g/mol. The Bertz CT molecular complexity index is 212. The third-order valence-corrected chi connectivity index (χ3v) is 5.39. The summed E-state index contributed by atoms with van der Waals surface area (Å²) in [5.74, 6) is 1.13. The van der Waals surface area contributed by atoms with E-state index in [1.165, 1.54) is 0 Å². The van der Waals surface area contributed by atoms with Crippen LogP contribution in [-0.4, -0.2) is 52.4 Å². The molecule has 0 bridgehead atoms. The summed E-state index contributed by atoms with van der Waals surface area (Å²) in [6, 6.07) is 0. The van der Waals surface area contributed by atoms with E-state index < -0.39 is 0 Å². The molecule has 0 aromatic rings. The lowest BCUT2D eigenvalue weighted by Gasteiger charge is -2.39. The van der Waals surface area contributed by atoms with Crippen LogP contribution in [0.1, 0.15) is 6.42 Å². The smallest absolute Gasteiger partial charge is 0.00340 e. The molecule has 0 aliphatic rings. The van der Waals surface area contributed by atoms with Gasteiger partial charge in [0.05, 0.1) is 0 Å². The van der Waals surface area contributed by atoms with Crippen molar-refractivity contribution in [1.82, 2.24) is 0 Å². The van der Waals surface area contributed by atoms with Crippen LogP contribution < -0.4 is 45.9 Å². The predicted molar refractivity (Wildman–Crippen MR) is 98.0 cm³/mol. The molecule has 8 nitrogen and oxygen atoms in total. The lowest BCUT2D eigenvalue weighted by atomic mass is 9.69. The molecule has 0 aromatic heterocycles. The fraction of sp³-hybridized carbons (Fsp3) is 1.00. The van der Waals surface area contributed by atoms with Gasteiger partial charge in [-0.3, -0.25) is 0 Å². The molecule has 23 heavy (non-hydrogen) atoms. The van der Waals surface area contributed by atoms with E-state index in [1.54, 1.807) is 0 Å². The van der Waals surface area contributed by atoms with Crippen molar-refractivity contribution in [2.45, 2.75) is 6.42 Å². The van der Waals surface area contributed by atoms with Crippen LogP contribution in [0.25, 0.3) is 0 Å². The fourth-order valence-corrected chi connectivity index (χ4v) is 3.64. The lowest BCUT2D eigenvalue weighted by molar-refractivity contribution is 0.133. The zero-order valence-electron chi connectivity index (χ0n) is 14.4. The Hall–Kier alpha value is -0.320. The predicted octanol–water partition coefficient (Wildman–Crippen LogP) is -3.26. The second-order valence-electron chi connectivity index (χ2n) is 6.49. The summed E-state index contributed by atoms with van der Waals surface area (Å²) < 4.78 is 0. The average Bonchev–Trinajstić information content (AvgIpc) is 2.58. The van der Waals surface area contributed by atoms with E-state index in [9.17, 15) is 0 Å². The van der Waals surface area contributed by atoms with Crippen molar-refractivity contribution in [1.29, 1.82) is 0 Å². The standard InChI is InChI=1S/C15H40N8/c16-2-10(3-17)14(11(4-18)5-19)1-15(12(6-20)7-21)13(8-22)9-23/h10-15H,1-9,16-23H2. The topological polar surface area (TPSA) is 208 Å². The van der Waals surface area contributed by atoms with Crippen LogP contribution in [0, 0.1) is 35.5 Å². The summed E-state index contributed by atoms with van der Waals surface area (Å²) in [5, 5.41) is 0. The van der Waals surface area contributed by atoms with E-state index in [0.717, 1.165) is 6.42 Å². The van der Waals surface area contributed by atoms with Gasteiger partial charge in [-0.05, 0) is 94.3 Å². The summed E-state index contributed by atoms with van der Waals surface area (Å²) in [7, 11) is 0. The van der Waals surface area contributed by atoms with Gasteiger partial charge in [-0.15, -0.1) is 0 Å². The second kappa shape index (κ2) is 13.0. The first-order valence-electron chi connectivity index (χ1n) is 8.68. The van der Waals surface area contributed by atoms with Gasteiger partial charge in [-0.2, -0.15) is 0 Å². The summed E-state index contributed by atoms with van der Waals surface area (Å²) >= 11 is 0. The van der Waals surface area contributed by atoms with Crippen molar-refractivity contribution in [2.75, 3.05) is 52.4 Å². The quantitative estimate of drug-likeness (QED) is 0.161. The second-order valence-corrected chi connectivity index (χ2v) is 6.49. The van der Waals surface area contributed by atoms with E-state index in [4.69, 9.17) is 45.9 Å². The number of hydrogen-bond donors (Lipinski definition) is 8. The van der Waals surface area contributed by atoms with Crippen LogP contribution in [-0.2, 0) is 0 Å². The molecule has 16 N–H and O–H groups in total.